The first-order chi connectivity index (χ1) is 13.5. The Morgan fingerprint density at radius 1 is 1.07 bits per heavy atom. The first kappa shape index (κ1) is 20.4. The van der Waals surface area contributed by atoms with Crippen LogP contribution < -0.4 is 9.47 Å². The fraction of sp³-hybridized carbons (Fsp3) is 0.435. The first-order valence-corrected chi connectivity index (χ1v) is 9.83. The highest BCUT2D eigenvalue weighted by atomic mass is 16.5. The molecule has 0 aromatic heterocycles. The molecule has 5 heteroatoms. The number of methoxy groups -OCH3 is 1. The fourth-order valence-electron chi connectivity index (χ4n) is 3.55. The topological polar surface area (TPSA) is 59.0 Å². The van der Waals surface area contributed by atoms with Gasteiger partial charge in [0.15, 0.2) is 5.78 Å². The Balaban J connectivity index is 1.40. The van der Waals surface area contributed by atoms with Crippen LogP contribution in [-0.4, -0.2) is 55.2 Å². The zero-order valence-electron chi connectivity index (χ0n) is 16.6. The lowest BCUT2D eigenvalue weighted by Crippen LogP contribution is -2.42. The molecule has 1 unspecified atom stereocenters. The largest absolute Gasteiger partial charge is 0.497 e. The summed E-state index contributed by atoms with van der Waals surface area (Å²) in [5, 5.41) is 10.3. The van der Waals surface area contributed by atoms with E-state index < -0.39 is 6.10 Å². The van der Waals surface area contributed by atoms with Gasteiger partial charge in [-0.25, -0.2) is 0 Å². The maximum Gasteiger partial charge on any atom is 0.166 e. The van der Waals surface area contributed by atoms with E-state index in [0.29, 0.717) is 12.3 Å². The van der Waals surface area contributed by atoms with Crippen LogP contribution in [0.1, 0.15) is 28.8 Å². The van der Waals surface area contributed by atoms with E-state index in [1.165, 1.54) is 0 Å². The quantitative estimate of drug-likeness (QED) is 0.709. The number of rotatable bonds is 8. The molecule has 2 aromatic carbocycles. The van der Waals surface area contributed by atoms with Crippen molar-refractivity contribution in [3.8, 4) is 11.5 Å². The molecular weight excluding hydrogens is 354 g/mol. The summed E-state index contributed by atoms with van der Waals surface area (Å²) in [5.74, 6) is 1.80. The molecule has 3 rings (SSSR count). The number of aryl methyl sites for hydroxylation is 1. The maximum atomic E-state index is 12.6. The highest BCUT2D eigenvalue weighted by molar-refractivity contribution is 5.97. The SMILES string of the molecule is COc1ccc(OCC(O)CN2CCC(C(=O)c3ccc(C)cc3)CC2)cc1. The van der Waals surface area contributed by atoms with Crippen LogP contribution in [0, 0.1) is 12.8 Å². The second kappa shape index (κ2) is 9.71. The molecule has 0 aliphatic carbocycles. The number of hydrogen-bond acceptors (Lipinski definition) is 5. The number of carbonyl (C=O) groups excluding carboxylic acids is 1. The number of nitrogens with zero attached hydrogens (tertiary/aromatic N) is 1. The van der Waals surface area contributed by atoms with Gasteiger partial charge in [-0.05, 0) is 57.1 Å². The van der Waals surface area contributed by atoms with Gasteiger partial charge in [-0.15, -0.1) is 0 Å². The second-order valence-electron chi connectivity index (χ2n) is 7.45. The molecule has 0 saturated carbocycles. The van der Waals surface area contributed by atoms with E-state index in [2.05, 4.69) is 4.90 Å². The van der Waals surface area contributed by atoms with Crippen molar-refractivity contribution in [1.82, 2.24) is 4.90 Å². The van der Waals surface area contributed by atoms with Gasteiger partial charge >= 0.3 is 0 Å². The Morgan fingerprint density at radius 2 is 1.68 bits per heavy atom. The lowest BCUT2D eigenvalue weighted by Gasteiger charge is -2.32. The summed E-state index contributed by atoms with van der Waals surface area (Å²) >= 11 is 0. The Morgan fingerprint density at radius 3 is 2.29 bits per heavy atom. The molecule has 0 radical (unpaired) electrons. The molecule has 1 N–H and O–H groups in total. The Labute approximate surface area is 166 Å². The van der Waals surface area contributed by atoms with E-state index in [9.17, 15) is 9.90 Å². The van der Waals surface area contributed by atoms with Crippen LogP contribution in [0.5, 0.6) is 11.5 Å². The molecule has 2 aromatic rings. The minimum Gasteiger partial charge on any atom is -0.497 e. The van der Waals surface area contributed by atoms with Crippen LogP contribution in [0.4, 0.5) is 0 Å². The summed E-state index contributed by atoms with van der Waals surface area (Å²) in [6.45, 7) is 4.47. The zero-order chi connectivity index (χ0) is 19.9. The van der Waals surface area contributed by atoms with E-state index in [0.717, 1.165) is 42.8 Å². The molecule has 1 heterocycles. The van der Waals surface area contributed by atoms with Crippen molar-refractivity contribution >= 4 is 5.78 Å². The maximum absolute atomic E-state index is 12.6. The van der Waals surface area contributed by atoms with E-state index in [4.69, 9.17) is 9.47 Å². The first-order valence-electron chi connectivity index (χ1n) is 9.83. The van der Waals surface area contributed by atoms with Crippen molar-refractivity contribution in [2.75, 3.05) is 33.4 Å². The highest BCUT2D eigenvalue weighted by Crippen LogP contribution is 2.22. The average Bonchev–Trinajstić information content (AvgIpc) is 2.73. The van der Waals surface area contributed by atoms with Crippen LogP contribution in [0.3, 0.4) is 0 Å². The van der Waals surface area contributed by atoms with Crippen molar-refractivity contribution in [2.45, 2.75) is 25.9 Å². The third-order valence-electron chi connectivity index (χ3n) is 5.27. The summed E-state index contributed by atoms with van der Waals surface area (Å²) in [5.41, 5.74) is 1.97. The van der Waals surface area contributed by atoms with Gasteiger partial charge in [-0.3, -0.25) is 4.79 Å². The predicted molar refractivity (Wildman–Crippen MR) is 109 cm³/mol. The molecule has 0 spiro atoms. The summed E-state index contributed by atoms with van der Waals surface area (Å²) < 4.78 is 10.8. The minimum atomic E-state index is -0.563. The lowest BCUT2D eigenvalue weighted by atomic mass is 9.88. The molecule has 1 aliphatic heterocycles. The second-order valence-corrected chi connectivity index (χ2v) is 7.45. The Kier molecular flexibility index (Phi) is 7.06. The van der Waals surface area contributed by atoms with Gasteiger partial charge in [-0.1, -0.05) is 29.8 Å². The monoisotopic (exact) mass is 383 g/mol. The number of β-amino-alcohol motifs (C(OH)–C–C–N with tert-alkyl or cyclic N) is 1. The molecule has 0 amide bonds. The molecule has 28 heavy (non-hydrogen) atoms. The molecule has 0 bridgehead atoms. The number of benzene rings is 2. The van der Waals surface area contributed by atoms with Crippen molar-refractivity contribution in [2.24, 2.45) is 5.92 Å². The Hall–Kier alpha value is -2.37. The summed E-state index contributed by atoms with van der Waals surface area (Å²) in [7, 11) is 1.62. The lowest BCUT2D eigenvalue weighted by molar-refractivity contribution is 0.0524. The smallest absolute Gasteiger partial charge is 0.166 e. The van der Waals surface area contributed by atoms with Crippen molar-refractivity contribution in [1.29, 1.82) is 0 Å². The zero-order valence-corrected chi connectivity index (χ0v) is 16.6. The number of Topliss-reactive ketones (excluding diaryl/α,β-unsaturated/α-hetero) is 1. The molecule has 1 atom stereocenters. The van der Waals surface area contributed by atoms with Crippen LogP contribution in [-0.2, 0) is 0 Å². The van der Waals surface area contributed by atoms with Gasteiger partial charge in [0.1, 0.15) is 24.2 Å². The number of carbonyl (C=O) groups is 1. The highest BCUT2D eigenvalue weighted by Gasteiger charge is 2.26. The van der Waals surface area contributed by atoms with Crippen LogP contribution in [0.25, 0.3) is 0 Å². The van der Waals surface area contributed by atoms with E-state index in [1.54, 1.807) is 7.11 Å². The van der Waals surface area contributed by atoms with Crippen LogP contribution in [0.15, 0.2) is 48.5 Å². The molecular formula is C23H29NO4. The summed E-state index contributed by atoms with van der Waals surface area (Å²) in [6, 6.07) is 15.1. The Bertz CT molecular complexity index is 749. The number of piperidine rings is 1. The van der Waals surface area contributed by atoms with Gasteiger partial charge in [0.05, 0.1) is 7.11 Å². The number of hydrogen-bond donors (Lipinski definition) is 1. The average molecular weight is 383 g/mol. The van der Waals surface area contributed by atoms with Crippen molar-refractivity contribution in [3.63, 3.8) is 0 Å². The van der Waals surface area contributed by atoms with Crippen LogP contribution in [0.2, 0.25) is 0 Å². The third-order valence-corrected chi connectivity index (χ3v) is 5.27. The molecule has 1 fully saturated rings. The van der Waals surface area contributed by atoms with Gasteiger partial charge in [0.25, 0.3) is 0 Å². The number of ether oxygens (including phenoxy) is 2. The minimum absolute atomic E-state index is 0.0756. The van der Waals surface area contributed by atoms with E-state index >= 15 is 0 Å². The predicted octanol–water partition coefficient (Wildman–Crippen LogP) is 3.34. The third kappa shape index (κ3) is 5.57. The van der Waals surface area contributed by atoms with E-state index in [-0.39, 0.29) is 18.3 Å². The molecule has 5 nitrogen and oxygen atoms in total. The standard InChI is InChI=1S/C23H29NO4/c1-17-3-5-18(6-4-17)23(26)19-11-13-24(14-12-19)15-20(25)16-28-22-9-7-21(27-2)8-10-22/h3-10,19-20,25H,11-16H2,1-2H3. The molecule has 1 saturated heterocycles. The fourth-order valence-corrected chi connectivity index (χ4v) is 3.55. The van der Waals surface area contributed by atoms with Crippen molar-refractivity contribution < 1.29 is 19.4 Å². The number of ketones is 1. The molecule has 150 valence electrons. The summed E-state index contributed by atoms with van der Waals surface area (Å²) in [4.78, 5) is 14.9. The number of likely N-dealkylation sites (tertiary alicyclic amines) is 1. The van der Waals surface area contributed by atoms with Gasteiger partial charge < -0.3 is 19.5 Å². The van der Waals surface area contributed by atoms with Crippen LogP contribution >= 0.6 is 0 Å². The number of aliphatic hydroxyl groups is 1. The molecule has 1 aliphatic rings. The van der Waals surface area contributed by atoms with Gasteiger partial charge in [0.2, 0.25) is 0 Å². The number of aliphatic hydroxyl groups excluding tert-OH is 1. The van der Waals surface area contributed by atoms with Gasteiger partial charge in [0, 0.05) is 18.0 Å². The van der Waals surface area contributed by atoms with Crippen molar-refractivity contribution in [3.05, 3.63) is 59.7 Å². The normalized spacial score (nSPS) is 16.5. The summed E-state index contributed by atoms with van der Waals surface area (Å²) in [6.07, 6.45) is 1.10. The van der Waals surface area contributed by atoms with E-state index in [1.807, 2.05) is 55.5 Å². The van der Waals surface area contributed by atoms with Gasteiger partial charge in [-0.2, -0.15) is 0 Å².